The van der Waals surface area contributed by atoms with E-state index in [1.807, 2.05) is 63.5 Å². The number of aromatic nitrogens is 1. The number of ether oxygens (including phenoxy) is 1. The third kappa shape index (κ3) is 6.73. The van der Waals surface area contributed by atoms with Crippen molar-refractivity contribution in [1.29, 1.82) is 0 Å². The highest BCUT2D eigenvalue weighted by Crippen LogP contribution is 2.35. The van der Waals surface area contributed by atoms with Gasteiger partial charge in [-0.15, -0.1) is 0 Å². The third-order valence-electron chi connectivity index (χ3n) is 6.97. The number of amides is 1. The maximum atomic E-state index is 13.8. The summed E-state index contributed by atoms with van der Waals surface area (Å²) in [4.78, 5) is 22.5. The molecule has 0 unspecified atom stereocenters. The van der Waals surface area contributed by atoms with E-state index in [1.54, 1.807) is 17.0 Å². The van der Waals surface area contributed by atoms with E-state index >= 15 is 0 Å². The molecule has 0 aliphatic carbocycles. The molecule has 8 nitrogen and oxygen atoms in total. The molecule has 11 heteroatoms. The molecule has 1 amide bonds. The second-order valence-corrected chi connectivity index (χ2v) is 13.0. The van der Waals surface area contributed by atoms with E-state index < -0.39 is 10.0 Å². The van der Waals surface area contributed by atoms with Gasteiger partial charge in [-0.2, -0.15) is 4.31 Å². The first-order valence-corrected chi connectivity index (χ1v) is 15.7. The molecule has 0 bridgehead atoms. The second-order valence-electron chi connectivity index (χ2n) is 10.0. The van der Waals surface area contributed by atoms with Crippen LogP contribution in [0.2, 0.25) is 0 Å². The van der Waals surface area contributed by atoms with E-state index in [0.717, 1.165) is 28.7 Å². The van der Waals surface area contributed by atoms with Crippen LogP contribution in [0.15, 0.2) is 71.6 Å². The van der Waals surface area contributed by atoms with Crippen molar-refractivity contribution >= 4 is 42.6 Å². The monoisotopic (exact) mass is 614 g/mol. The van der Waals surface area contributed by atoms with Crippen molar-refractivity contribution in [2.45, 2.75) is 31.2 Å². The quantitative estimate of drug-likeness (QED) is 0.272. The van der Waals surface area contributed by atoms with Crippen molar-refractivity contribution in [3.63, 3.8) is 0 Å². The van der Waals surface area contributed by atoms with Gasteiger partial charge in [0.2, 0.25) is 10.0 Å². The molecule has 0 atom stereocenters. The van der Waals surface area contributed by atoms with Crippen LogP contribution in [0.5, 0.6) is 5.75 Å². The minimum atomic E-state index is -3.69. The fraction of sp³-hybridized carbons (Fsp3) is 0.333. The van der Waals surface area contributed by atoms with E-state index in [2.05, 4.69) is 4.90 Å². The molecule has 1 aromatic heterocycles. The van der Waals surface area contributed by atoms with Crippen LogP contribution in [0, 0.1) is 0 Å². The van der Waals surface area contributed by atoms with Gasteiger partial charge in [0.25, 0.3) is 5.91 Å². The number of hydrogen-bond donors (Lipinski definition) is 0. The highest BCUT2D eigenvalue weighted by molar-refractivity contribution is 7.89. The number of thiazole rings is 1. The zero-order valence-corrected chi connectivity index (χ0v) is 25.8. The van der Waals surface area contributed by atoms with Crippen LogP contribution in [-0.4, -0.2) is 68.9 Å². The van der Waals surface area contributed by atoms with Crippen LogP contribution in [-0.2, 0) is 23.0 Å². The molecule has 0 N–H and O–H groups in total. The molecule has 1 aliphatic rings. The Morgan fingerprint density at radius 1 is 1.02 bits per heavy atom. The van der Waals surface area contributed by atoms with E-state index in [4.69, 9.17) is 9.72 Å². The van der Waals surface area contributed by atoms with Crippen LogP contribution in [0.4, 0.5) is 5.13 Å². The second kappa shape index (κ2) is 13.3. The topological polar surface area (TPSA) is 83.0 Å². The lowest BCUT2D eigenvalue weighted by Gasteiger charge is -2.28. The van der Waals surface area contributed by atoms with Gasteiger partial charge in [-0.25, -0.2) is 13.4 Å². The zero-order valence-electron chi connectivity index (χ0n) is 24.4. The summed E-state index contributed by atoms with van der Waals surface area (Å²) >= 11 is 1.45. The number of hydrogen-bond acceptors (Lipinski definition) is 7. The normalized spacial score (nSPS) is 13.6. The van der Waals surface area contributed by atoms with E-state index in [0.29, 0.717) is 49.1 Å². The number of anilines is 1. The minimum Gasteiger partial charge on any atom is -1.00 e. The van der Waals surface area contributed by atoms with Gasteiger partial charge in [0.1, 0.15) is 11.3 Å². The molecule has 41 heavy (non-hydrogen) atoms. The molecule has 0 radical (unpaired) electrons. The average Bonchev–Trinajstić information content (AvgIpc) is 3.40. The Hall–Kier alpha value is -3.02. The summed E-state index contributed by atoms with van der Waals surface area (Å²) in [6.45, 7) is 4.53. The first-order chi connectivity index (χ1) is 19.3. The summed E-state index contributed by atoms with van der Waals surface area (Å²) in [5, 5.41) is 0.592. The predicted octanol–water partition coefficient (Wildman–Crippen LogP) is 2.16. The highest BCUT2D eigenvalue weighted by Gasteiger charge is 2.29. The molecule has 0 spiro atoms. The van der Waals surface area contributed by atoms with Gasteiger partial charge in [-0.1, -0.05) is 41.7 Å². The largest absolute Gasteiger partial charge is 1.00 e. The van der Waals surface area contributed by atoms with E-state index in [-0.39, 0.29) is 24.6 Å². The van der Waals surface area contributed by atoms with Crippen molar-refractivity contribution in [3.05, 3.63) is 83.4 Å². The minimum absolute atomic E-state index is 0. The van der Waals surface area contributed by atoms with Crippen LogP contribution in [0.1, 0.15) is 36.3 Å². The van der Waals surface area contributed by atoms with Gasteiger partial charge in [-0.05, 0) is 87.9 Å². The van der Waals surface area contributed by atoms with E-state index in [9.17, 15) is 13.2 Å². The number of sulfonamides is 1. The molecule has 0 fully saturated rings. The Balaban J connectivity index is 0.00000242. The molecular formula is C30H35ClN4O4S2. The number of benzene rings is 3. The van der Waals surface area contributed by atoms with Gasteiger partial charge < -0.3 is 22.0 Å². The fourth-order valence-electron chi connectivity index (χ4n) is 4.88. The van der Waals surface area contributed by atoms with Crippen LogP contribution in [0.3, 0.4) is 0 Å². The summed E-state index contributed by atoms with van der Waals surface area (Å²) < 4.78 is 35.1. The summed E-state index contributed by atoms with van der Waals surface area (Å²) in [5.41, 5.74) is 3.37. The Morgan fingerprint density at radius 2 is 1.76 bits per heavy atom. The highest BCUT2D eigenvalue weighted by atomic mass is 35.5. The third-order valence-corrected chi connectivity index (χ3v) is 9.87. The van der Waals surface area contributed by atoms with Crippen LogP contribution >= 0.6 is 11.3 Å². The molecule has 0 saturated carbocycles. The van der Waals surface area contributed by atoms with Gasteiger partial charge in [0.15, 0.2) is 5.13 Å². The first-order valence-electron chi connectivity index (χ1n) is 13.4. The Labute approximate surface area is 253 Å². The number of carbonyl (C=O) groups excluding carboxylic acids is 1. The van der Waals surface area contributed by atoms with Gasteiger partial charge >= 0.3 is 1.43 Å². The number of fused-ring (bicyclic) bond motifs is 2. The molecule has 4 aromatic rings. The van der Waals surface area contributed by atoms with Gasteiger partial charge in [0, 0.05) is 25.2 Å². The standard InChI is InChI=1S/C30H34N4O4S2.ClH/c1-4-38-26-11-7-12-27-28(26)31-30(39-27)34(19-8-18-32(2)3)29(35)23-13-15-25(16-14-23)40(36,37)33-20-17-22-9-5-6-10-24(22)21-33;/h5-7,9-16H,4,8,17-21H2,1-3H3;1H. The van der Waals surface area contributed by atoms with Crippen molar-refractivity contribution in [3.8, 4) is 5.75 Å². The van der Waals surface area contributed by atoms with Crippen molar-refractivity contribution in [1.82, 2.24) is 14.2 Å². The molecule has 2 heterocycles. The summed E-state index contributed by atoms with van der Waals surface area (Å²) in [6, 6.07) is 20.0. The van der Waals surface area contributed by atoms with Crippen molar-refractivity contribution in [2.75, 3.05) is 45.2 Å². The van der Waals surface area contributed by atoms with Crippen molar-refractivity contribution < 1.29 is 31.8 Å². The maximum absolute atomic E-state index is 13.8. The lowest BCUT2D eigenvalue weighted by Crippen LogP contribution is -3.00. The van der Waals surface area contributed by atoms with Gasteiger partial charge in [-0.3, -0.25) is 9.69 Å². The average molecular weight is 615 g/mol. The number of rotatable bonds is 10. The van der Waals surface area contributed by atoms with Crippen LogP contribution in [0.25, 0.3) is 10.2 Å². The number of halogens is 1. The molecular weight excluding hydrogens is 580 g/mol. The summed E-state index contributed by atoms with van der Waals surface area (Å²) in [5.74, 6) is 0.477. The molecule has 5 rings (SSSR count). The lowest BCUT2D eigenvalue weighted by atomic mass is 10.0. The number of nitrogens with zero attached hydrogens (tertiary/aromatic N) is 4. The van der Waals surface area contributed by atoms with E-state index in [1.165, 1.54) is 33.3 Å². The summed E-state index contributed by atoms with van der Waals surface area (Å²) in [6.07, 6.45) is 1.44. The fourth-order valence-corrected chi connectivity index (χ4v) is 7.30. The zero-order chi connectivity index (χ0) is 28.3. The molecule has 218 valence electrons. The van der Waals surface area contributed by atoms with Gasteiger partial charge in [0.05, 0.1) is 16.2 Å². The molecule has 3 aromatic carbocycles. The predicted molar refractivity (Wildman–Crippen MR) is 161 cm³/mol. The molecule has 0 saturated heterocycles. The molecule has 1 aliphatic heterocycles. The smallest absolute Gasteiger partial charge is 1.00 e. The Morgan fingerprint density at radius 3 is 2.46 bits per heavy atom. The Bertz CT molecular complexity index is 1610. The van der Waals surface area contributed by atoms with Crippen molar-refractivity contribution in [2.24, 2.45) is 0 Å². The summed E-state index contributed by atoms with van der Waals surface area (Å²) in [7, 11) is 0.304. The maximum Gasteiger partial charge on any atom is 1.00 e. The number of carbonyl (C=O) groups is 1. The Kier molecular flexibility index (Phi) is 10.0. The lowest BCUT2D eigenvalue weighted by molar-refractivity contribution is -0.0000186. The number of para-hydroxylation sites is 1. The first kappa shape index (κ1) is 30.9. The van der Waals surface area contributed by atoms with Crippen LogP contribution < -0.4 is 22.0 Å². The SMILES string of the molecule is CCOc1cccc2sc(N(CCCN(C)C)C(=O)c3ccc(S(=O)(=O)N4CCc5ccccc5C4)cc3)nc12.[Cl-].[H+].